The van der Waals surface area contributed by atoms with Crippen molar-refractivity contribution >= 4 is 17.3 Å². The zero-order valence-electron chi connectivity index (χ0n) is 11.3. The first-order valence-corrected chi connectivity index (χ1v) is 6.06. The molecule has 8 heteroatoms. The number of nitrogens with one attached hydrogen (secondary N) is 1. The molecular formula is C14H10F2N2O4. The van der Waals surface area contributed by atoms with Crippen LogP contribution in [0.4, 0.5) is 20.2 Å². The van der Waals surface area contributed by atoms with Crippen molar-refractivity contribution < 1.29 is 23.2 Å². The summed E-state index contributed by atoms with van der Waals surface area (Å²) in [5, 5.41) is 13.1. The fourth-order valence-electron chi connectivity index (χ4n) is 1.72. The number of rotatable bonds is 4. The second kappa shape index (κ2) is 6.17. The average molecular weight is 308 g/mol. The van der Waals surface area contributed by atoms with Crippen LogP contribution in [0, 0.1) is 21.7 Å². The number of halogens is 2. The Balaban J connectivity index is 2.42. The van der Waals surface area contributed by atoms with Crippen molar-refractivity contribution in [2.24, 2.45) is 0 Å². The molecule has 0 unspecified atom stereocenters. The molecule has 0 spiro atoms. The van der Waals surface area contributed by atoms with Gasteiger partial charge in [-0.25, -0.2) is 8.78 Å². The van der Waals surface area contributed by atoms with E-state index in [-0.39, 0.29) is 11.4 Å². The van der Waals surface area contributed by atoms with Crippen molar-refractivity contribution in [3.63, 3.8) is 0 Å². The van der Waals surface area contributed by atoms with E-state index >= 15 is 0 Å². The Morgan fingerprint density at radius 2 is 2.00 bits per heavy atom. The summed E-state index contributed by atoms with van der Waals surface area (Å²) in [7, 11) is 0. The predicted octanol–water partition coefficient (Wildman–Crippen LogP) is 3.62. The summed E-state index contributed by atoms with van der Waals surface area (Å²) < 4.78 is 32.1. The van der Waals surface area contributed by atoms with Crippen LogP contribution in [0.5, 0.6) is 11.5 Å². The molecule has 2 aromatic carbocycles. The molecule has 0 aliphatic rings. The lowest BCUT2D eigenvalue weighted by atomic mass is 10.2. The van der Waals surface area contributed by atoms with E-state index < -0.39 is 33.9 Å². The van der Waals surface area contributed by atoms with Crippen LogP contribution in [0.1, 0.15) is 6.92 Å². The Morgan fingerprint density at radius 3 is 2.59 bits per heavy atom. The van der Waals surface area contributed by atoms with Crippen molar-refractivity contribution in [3.8, 4) is 11.5 Å². The lowest BCUT2D eigenvalue weighted by Gasteiger charge is -2.09. The van der Waals surface area contributed by atoms with Crippen LogP contribution in [0.15, 0.2) is 36.4 Å². The maximum absolute atomic E-state index is 13.9. The highest BCUT2D eigenvalue weighted by Crippen LogP contribution is 2.34. The first kappa shape index (κ1) is 15.4. The summed E-state index contributed by atoms with van der Waals surface area (Å²) in [6.45, 7) is 1.14. The lowest BCUT2D eigenvalue weighted by Crippen LogP contribution is -2.08. The minimum atomic E-state index is -0.932. The van der Waals surface area contributed by atoms with Gasteiger partial charge in [-0.1, -0.05) is 6.07 Å². The largest absolute Gasteiger partial charge is 0.454 e. The molecule has 0 atom stereocenters. The summed E-state index contributed by atoms with van der Waals surface area (Å²) in [5.41, 5.74) is -0.829. The molecule has 0 aliphatic heterocycles. The molecule has 22 heavy (non-hydrogen) atoms. The number of carbonyl (C=O) groups excluding carboxylic acids is 1. The molecule has 114 valence electrons. The molecule has 6 nitrogen and oxygen atoms in total. The van der Waals surface area contributed by atoms with Crippen LogP contribution in [0.2, 0.25) is 0 Å². The van der Waals surface area contributed by atoms with Crippen LogP contribution in [0.25, 0.3) is 0 Å². The zero-order chi connectivity index (χ0) is 16.3. The molecule has 2 rings (SSSR count). The highest BCUT2D eigenvalue weighted by Gasteiger charge is 2.20. The van der Waals surface area contributed by atoms with Crippen molar-refractivity contribution in [1.82, 2.24) is 0 Å². The number of nitro benzene ring substituents is 1. The second-order valence-electron chi connectivity index (χ2n) is 4.30. The minimum Gasteiger partial charge on any atom is -0.454 e. The molecule has 1 N–H and O–H groups in total. The maximum Gasteiger partial charge on any atom is 0.296 e. The van der Waals surface area contributed by atoms with Crippen LogP contribution in [-0.4, -0.2) is 10.8 Å². The summed E-state index contributed by atoms with van der Waals surface area (Å²) in [5.74, 6) is -2.57. The molecule has 0 radical (unpaired) electrons. The quantitative estimate of drug-likeness (QED) is 0.691. The van der Waals surface area contributed by atoms with Gasteiger partial charge in [0.05, 0.1) is 11.0 Å². The van der Waals surface area contributed by atoms with Crippen molar-refractivity contribution in [3.05, 3.63) is 58.1 Å². The second-order valence-corrected chi connectivity index (χ2v) is 4.30. The van der Waals surface area contributed by atoms with Gasteiger partial charge < -0.3 is 10.1 Å². The standard InChI is InChI=1S/C14H10F2N2O4/c1-8(19)17-12-6-11(16)14(7-13(12)18(20)21)22-10-4-2-3-9(15)5-10/h2-7H,1H3,(H,17,19). The summed E-state index contributed by atoms with van der Waals surface area (Å²) in [6.07, 6.45) is 0. The van der Waals surface area contributed by atoms with E-state index in [1.165, 1.54) is 18.2 Å². The summed E-state index contributed by atoms with van der Waals surface area (Å²) in [6, 6.07) is 6.50. The Morgan fingerprint density at radius 1 is 1.27 bits per heavy atom. The predicted molar refractivity (Wildman–Crippen MR) is 73.8 cm³/mol. The Bertz CT molecular complexity index is 750. The third-order valence-electron chi connectivity index (χ3n) is 2.58. The average Bonchev–Trinajstić information content (AvgIpc) is 2.40. The van der Waals surface area contributed by atoms with E-state index in [0.29, 0.717) is 0 Å². The fourth-order valence-corrected chi connectivity index (χ4v) is 1.72. The van der Waals surface area contributed by atoms with Gasteiger partial charge in [-0.2, -0.15) is 0 Å². The maximum atomic E-state index is 13.9. The third-order valence-corrected chi connectivity index (χ3v) is 2.58. The summed E-state index contributed by atoms with van der Waals surface area (Å²) >= 11 is 0. The van der Waals surface area contributed by atoms with Gasteiger partial charge in [-0.3, -0.25) is 14.9 Å². The van der Waals surface area contributed by atoms with Crippen LogP contribution < -0.4 is 10.1 Å². The SMILES string of the molecule is CC(=O)Nc1cc(F)c(Oc2cccc(F)c2)cc1[N+](=O)[O-]. The number of anilines is 1. The first-order chi connectivity index (χ1) is 10.4. The van der Waals surface area contributed by atoms with E-state index in [1.54, 1.807) is 0 Å². The van der Waals surface area contributed by atoms with Crippen molar-refractivity contribution in [2.45, 2.75) is 6.92 Å². The number of hydrogen-bond acceptors (Lipinski definition) is 4. The smallest absolute Gasteiger partial charge is 0.296 e. The Hall–Kier alpha value is -3.03. The Labute approximate surface area is 123 Å². The Kier molecular flexibility index (Phi) is 4.31. The first-order valence-electron chi connectivity index (χ1n) is 6.06. The van der Waals surface area contributed by atoms with E-state index in [2.05, 4.69) is 5.32 Å². The van der Waals surface area contributed by atoms with E-state index in [1.807, 2.05) is 0 Å². The van der Waals surface area contributed by atoms with Gasteiger partial charge in [0.1, 0.15) is 17.3 Å². The molecule has 0 saturated carbocycles. The minimum absolute atomic E-state index is 0.0134. The third kappa shape index (κ3) is 3.54. The lowest BCUT2D eigenvalue weighted by molar-refractivity contribution is -0.384. The van der Waals surface area contributed by atoms with E-state index in [4.69, 9.17) is 4.74 Å². The van der Waals surface area contributed by atoms with E-state index in [0.717, 1.165) is 25.1 Å². The highest BCUT2D eigenvalue weighted by atomic mass is 19.1. The highest BCUT2D eigenvalue weighted by molar-refractivity contribution is 5.91. The number of nitrogens with zero attached hydrogens (tertiary/aromatic N) is 1. The molecule has 0 fully saturated rings. The molecule has 0 saturated heterocycles. The van der Waals surface area contributed by atoms with Gasteiger partial charge in [-0.05, 0) is 12.1 Å². The van der Waals surface area contributed by atoms with Gasteiger partial charge in [0.25, 0.3) is 5.69 Å². The van der Waals surface area contributed by atoms with Crippen molar-refractivity contribution in [2.75, 3.05) is 5.32 Å². The zero-order valence-corrected chi connectivity index (χ0v) is 11.3. The number of carbonyl (C=O) groups is 1. The van der Waals surface area contributed by atoms with E-state index in [9.17, 15) is 23.7 Å². The number of nitro groups is 1. The summed E-state index contributed by atoms with van der Waals surface area (Å²) in [4.78, 5) is 21.2. The molecule has 0 aromatic heterocycles. The normalized spacial score (nSPS) is 10.1. The topological polar surface area (TPSA) is 81.5 Å². The molecule has 0 bridgehead atoms. The number of ether oxygens (including phenoxy) is 1. The molecular weight excluding hydrogens is 298 g/mol. The molecule has 2 aromatic rings. The van der Waals surface area contributed by atoms with Gasteiger partial charge in [-0.15, -0.1) is 0 Å². The number of benzene rings is 2. The van der Waals surface area contributed by atoms with Crippen molar-refractivity contribution in [1.29, 1.82) is 0 Å². The van der Waals surface area contributed by atoms with Gasteiger partial charge in [0.2, 0.25) is 5.91 Å². The number of hydrogen-bond donors (Lipinski definition) is 1. The number of amides is 1. The fraction of sp³-hybridized carbons (Fsp3) is 0.0714. The van der Waals surface area contributed by atoms with Gasteiger partial charge in [0, 0.05) is 19.1 Å². The van der Waals surface area contributed by atoms with Gasteiger partial charge >= 0.3 is 0 Å². The molecule has 0 aliphatic carbocycles. The van der Waals surface area contributed by atoms with Crippen LogP contribution in [-0.2, 0) is 4.79 Å². The van der Waals surface area contributed by atoms with Gasteiger partial charge in [0.15, 0.2) is 11.6 Å². The monoisotopic (exact) mass is 308 g/mol. The molecule has 0 heterocycles. The molecule has 1 amide bonds. The van der Waals surface area contributed by atoms with Crippen LogP contribution >= 0.6 is 0 Å². The van der Waals surface area contributed by atoms with Crippen LogP contribution in [0.3, 0.4) is 0 Å².